The van der Waals surface area contributed by atoms with Crippen molar-refractivity contribution in [3.05, 3.63) is 12.7 Å². The summed E-state index contributed by atoms with van der Waals surface area (Å²) >= 11 is 5.19. The van der Waals surface area contributed by atoms with Crippen LogP contribution in [0.3, 0.4) is 0 Å². The fourth-order valence-electron chi connectivity index (χ4n) is 0. The molecular weight excluding hydrogens is 152 g/mol. The lowest BCUT2D eigenvalue weighted by atomic mass is 10.6. The Morgan fingerprint density at radius 3 is 2.00 bits per heavy atom. The molecule has 0 aromatic carbocycles. The third kappa shape index (κ3) is 51.4. The summed E-state index contributed by atoms with van der Waals surface area (Å²) in [5, 5.41) is 0. The minimum Gasteiger partial charge on any atom is -0.366 e. The lowest BCUT2D eigenvalue weighted by Gasteiger charge is -1.65. The number of nitrogens with two attached hydrogens (primary N) is 1. The zero-order chi connectivity index (χ0) is 7.70. The van der Waals surface area contributed by atoms with Gasteiger partial charge in [0.2, 0.25) is 5.91 Å². The Bertz CT molecular complexity index is 83.8. The van der Waals surface area contributed by atoms with E-state index in [1.807, 2.05) is 6.92 Å². The number of amides is 1. The number of carbonyl (C=O) groups is 1. The Labute approximate surface area is 66.8 Å². The van der Waals surface area contributed by atoms with Gasteiger partial charge in [-0.05, 0) is 12.5 Å². The summed E-state index contributed by atoms with van der Waals surface area (Å²) in [6, 6.07) is 0. The van der Waals surface area contributed by atoms with Crippen molar-refractivity contribution in [1.82, 2.24) is 6.15 Å². The van der Waals surface area contributed by atoms with Crippen molar-refractivity contribution in [3.8, 4) is 0 Å². The average molecular weight is 167 g/mol. The van der Waals surface area contributed by atoms with Crippen molar-refractivity contribution in [2.45, 2.75) is 13.3 Å². The molecule has 0 aromatic heterocycles. The lowest BCUT2D eigenvalue weighted by molar-refractivity contribution is -0.113. The molecule has 0 saturated carbocycles. The van der Waals surface area contributed by atoms with E-state index in [1.165, 1.54) is 0 Å². The molecule has 0 atom stereocenters. The first-order valence-corrected chi connectivity index (χ1v) is 3.20. The highest BCUT2D eigenvalue weighted by atomic mass is 35.5. The monoisotopic (exact) mass is 166 g/mol. The van der Waals surface area contributed by atoms with E-state index in [1.54, 1.807) is 0 Å². The molecule has 4 heteroatoms. The van der Waals surface area contributed by atoms with Crippen molar-refractivity contribution >= 4 is 17.5 Å². The average Bonchev–Trinajstić information content (AvgIpc) is 1.89. The highest BCUT2D eigenvalue weighted by Crippen LogP contribution is 1.75. The summed E-state index contributed by atoms with van der Waals surface area (Å²) < 4.78 is 0. The van der Waals surface area contributed by atoms with Crippen LogP contribution < -0.4 is 11.9 Å². The SMILES string of the molecule is C=CC(N)=O.CCCCl.N. The van der Waals surface area contributed by atoms with Gasteiger partial charge in [-0.3, -0.25) is 4.79 Å². The number of carbonyl (C=O) groups excluding carboxylic acids is 1. The van der Waals surface area contributed by atoms with Gasteiger partial charge in [-0.25, -0.2) is 0 Å². The molecule has 0 bridgehead atoms. The zero-order valence-electron chi connectivity index (χ0n) is 6.27. The summed E-state index contributed by atoms with van der Waals surface area (Å²) in [5.74, 6) is 0.310. The minimum absolute atomic E-state index is 0. The van der Waals surface area contributed by atoms with Crippen molar-refractivity contribution in [3.63, 3.8) is 0 Å². The second kappa shape index (κ2) is 15.8. The molecule has 1 amide bonds. The second-order valence-electron chi connectivity index (χ2n) is 1.30. The van der Waals surface area contributed by atoms with Crippen LogP contribution in [0, 0.1) is 0 Å². The van der Waals surface area contributed by atoms with Gasteiger partial charge in [-0.1, -0.05) is 13.5 Å². The number of hydrogen-bond donors (Lipinski definition) is 2. The van der Waals surface area contributed by atoms with Crippen molar-refractivity contribution in [1.29, 1.82) is 0 Å². The van der Waals surface area contributed by atoms with E-state index >= 15 is 0 Å². The third-order valence-electron chi connectivity index (χ3n) is 0.390. The highest BCUT2D eigenvalue weighted by molar-refractivity contribution is 6.17. The molecule has 0 unspecified atom stereocenters. The molecule has 0 heterocycles. The van der Waals surface area contributed by atoms with Crippen molar-refractivity contribution < 1.29 is 4.79 Å². The van der Waals surface area contributed by atoms with E-state index in [4.69, 9.17) is 11.6 Å². The first-order valence-electron chi connectivity index (χ1n) is 2.66. The topological polar surface area (TPSA) is 78.1 Å². The summed E-state index contributed by atoms with van der Waals surface area (Å²) in [5.41, 5.74) is 4.53. The van der Waals surface area contributed by atoms with Gasteiger partial charge < -0.3 is 11.9 Å². The van der Waals surface area contributed by atoms with E-state index in [2.05, 4.69) is 12.3 Å². The van der Waals surface area contributed by atoms with Gasteiger partial charge in [0.05, 0.1) is 0 Å². The maximum Gasteiger partial charge on any atom is 0.240 e. The Kier molecular flexibility index (Phi) is 25.6. The van der Waals surface area contributed by atoms with Gasteiger partial charge in [0, 0.05) is 5.88 Å². The first-order chi connectivity index (χ1) is 4.18. The second-order valence-corrected chi connectivity index (χ2v) is 1.67. The first kappa shape index (κ1) is 16.2. The van der Waals surface area contributed by atoms with Crippen LogP contribution in [-0.4, -0.2) is 11.8 Å². The molecule has 0 aliphatic rings. The lowest BCUT2D eigenvalue weighted by Crippen LogP contribution is -2.04. The number of halogens is 1. The normalized spacial score (nSPS) is 6.20. The predicted molar refractivity (Wildman–Crippen MR) is 45.4 cm³/mol. The fraction of sp³-hybridized carbons (Fsp3) is 0.500. The Morgan fingerprint density at radius 1 is 1.80 bits per heavy atom. The molecule has 0 saturated heterocycles. The van der Waals surface area contributed by atoms with Gasteiger partial charge in [-0.15, -0.1) is 11.6 Å². The Hall–Kier alpha value is -0.540. The molecule has 5 N–H and O–H groups in total. The van der Waals surface area contributed by atoms with E-state index in [0.717, 1.165) is 18.4 Å². The zero-order valence-corrected chi connectivity index (χ0v) is 7.03. The van der Waals surface area contributed by atoms with Crippen LogP contribution >= 0.6 is 11.6 Å². The summed E-state index contributed by atoms with van der Waals surface area (Å²) in [4.78, 5) is 9.47. The molecule has 0 rings (SSSR count). The minimum atomic E-state index is -0.481. The number of hydrogen-bond acceptors (Lipinski definition) is 2. The smallest absolute Gasteiger partial charge is 0.240 e. The molecule has 0 aliphatic heterocycles. The summed E-state index contributed by atoms with van der Waals surface area (Å²) in [6.45, 7) is 5.13. The maximum atomic E-state index is 9.47. The Balaban J connectivity index is -0.0000000910. The van der Waals surface area contributed by atoms with Crippen molar-refractivity contribution in [2.75, 3.05) is 5.88 Å². The standard InChI is InChI=1S/C3H7Cl.C3H5NO.H3N/c1-2-3-4;1-2-3(4)5;/h2-3H2,1H3;2H,1H2,(H2,4,5);1H3. The van der Waals surface area contributed by atoms with Gasteiger partial charge in [0.25, 0.3) is 0 Å². The molecule has 0 aromatic rings. The molecular formula is C6H15ClN2O. The van der Waals surface area contributed by atoms with Crippen LogP contribution in [0.25, 0.3) is 0 Å². The highest BCUT2D eigenvalue weighted by Gasteiger charge is 1.69. The van der Waals surface area contributed by atoms with E-state index in [-0.39, 0.29) is 6.15 Å². The summed E-state index contributed by atoms with van der Waals surface area (Å²) in [6.07, 6.45) is 2.14. The molecule has 0 aliphatic carbocycles. The quantitative estimate of drug-likeness (QED) is 0.481. The number of rotatable bonds is 2. The van der Waals surface area contributed by atoms with Crippen LogP contribution in [0.4, 0.5) is 0 Å². The molecule has 10 heavy (non-hydrogen) atoms. The van der Waals surface area contributed by atoms with Crippen LogP contribution in [-0.2, 0) is 4.79 Å². The summed E-state index contributed by atoms with van der Waals surface area (Å²) in [7, 11) is 0. The largest absolute Gasteiger partial charge is 0.366 e. The molecule has 0 radical (unpaired) electrons. The van der Waals surface area contributed by atoms with E-state index in [0.29, 0.717) is 0 Å². The van der Waals surface area contributed by atoms with Crippen LogP contribution in [0.5, 0.6) is 0 Å². The molecule has 0 fully saturated rings. The van der Waals surface area contributed by atoms with Gasteiger partial charge in [0.15, 0.2) is 0 Å². The van der Waals surface area contributed by atoms with Crippen LogP contribution in [0.1, 0.15) is 13.3 Å². The number of alkyl halides is 1. The fourth-order valence-corrected chi connectivity index (χ4v) is 0. The molecule has 62 valence electrons. The van der Waals surface area contributed by atoms with E-state index < -0.39 is 5.91 Å². The van der Waals surface area contributed by atoms with E-state index in [9.17, 15) is 4.79 Å². The molecule has 0 spiro atoms. The van der Waals surface area contributed by atoms with Crippen LogP contribution in [0.2, 0.25) is 0 Å². The molecule has 3 nitrogen and oxygen atoms in total. The number of primary amides is 1. The van der Waals surface area contributed by atoms with Gasteiger partial charge in [-0.2, -0.15) is 0 Å². The van der Waals surface area contributed by atoms with Gasteiger partial charge in [0.1, 0.15) is 0 Å². The maximum absolute atomic E-state index is 9.47. The van der Waals surface area contributed by atoms with Crippen LogP contribution in [0.15, 0.2) is 12.7 Å². The van der Waals surface area contributed by atoms with Gasteiger partial charge >= 0.3 is 0 Å². The predicted octanol–water partition coefficient (Wildman–Crippen LogP) is 1.45. The van der Waals surface area contributed by atoms with Crippen molar-refractivity contribution in [2.24, 2.45) is 5.73 Å². The third-order valence-corrected chi connectivity index (χ3v) is 0.768. The Morgan fingerprint density at radius 2 is 2.00 bits per heavy atom.